The molecule has 2 saturated heterocycles. The van der Waals surface area contributed by atoms with Gasteiger partial charge < -0.3 is 5.32 Å². The number of nitrogens with zero attached hydrogens (tertiary/aromatic N) is 1. The Morgan fingerprint density at radius 3 is 2.67 bits per heavy atom. The Balaban J connectivity index is 1.57. The van der Waals surface area contributed by atoms with Gasteiger partial charge in [0.2, 0.25) is 0 Å². The molecule has 0 saturated carbocycles. The SMILES string of the molecule is C1=CC(CN2CC3CNCC3C2)=CCC1. The third kappa shape index (κ3) is 2.01. The second kappa shape index (κ2) is 4.11. The molecule has 2 aliphatic heterocycles. The molecule has 1 N–H and O–H groups in total. The summed E-state index contributed by atoms with van der Waals surface area (Å²) in [5.74, 6) is 1.86. The maximum Gasteiger partial charge on any atom is 0.0230 e. The molecule has 2 unspecified atom stereocenters. The Bertz CT molecular complexity index is 281. The number of likely N-dealkylation sites (tertiary alicyclic amines) is 1. The number of hydrogen-bond donors (Lipinski definition) is 1. The van der Waals surface area contributed by atoms with Crippen LogP contribution in [0.15, 0.2) is 23.8 Å². The Hall–Kier alpha value is -0.600. The minimum atomic E-state index is 0.929. The van der Waals surface area contributed by atoms with Gasteiger partial charge in [-0.3, -0.25) is 4.90 Å². The smallest absolute Gasteiger partial charge is 0.0230 e. The van der Waals surface area contributed by atoms with Crippen LogP contribution >= 0.6 is 0 Å². The quantitative estimate of drug-likeness (QED) is 0.731. The van der Waals surface area contributed by atoms with Crippen molar-refractivity contribution in [3.05, 3.63) is 23.8 Å². The van der Waals surface area contributed by atoms with Gasteiger partial charge in [-0.2, -0.15) is 0 Å². The molecule has 0 aromatic heterocycles. The average molecular weight is 204 g/mol. The molecule has 0 aromatic rings. The lowest BCUT2D eigenvalue weighted by atomic mass is 10.0. The van der Waals surface area contributed by atoms with Crippen LogP contribution in [-0.4, -0.2) is 37.6 Å². The van der Waals surface area contributed by atoms with Gasteiger partial charge in [-0.05, 0) is 43.3 Å². The number of hydrogen-bond acceptors (Lipinski definition) is 2. The monoisotopic (exact) mass is 204 g/mol. The molecule has 3 aliphatic rings. The zero-order valence-electron chi connectivity index (χ0n) is 9.28. The highest BCUT2D eigenvalue weighted by atomic mass is 15.2. The van der Waals surface area contributed by atoms with Crippen LogP contribution in [0.25, 0.3) is 0 Å². The second-order valence-electron chi connectivity index (χ2n) is 5.13. The van der Waals surface area contributed by atoms with Gasteiger partial charge in [0.25, 0.3) is 0 Å². The number of fused-ring (bicyclic) bond motifs is 1. The Morgan fingerprint density at radius 1 is 1.20 bits per heavy atom. The molecule has 0 bridgehead atoms. The Kier molecular flexibility index (Phi) is 2.63. The predicted octanol–water partition coefficient (Wildman–Crippen LogP) is 1.41. The van der Waals surface area contributed by atoms with Crippen molar-refractivity contribution in [1.29, 1.82) is 0 Å². The molecule has 15 heavy (non-hydrogen) atoms. The van der Waals surface area contributed by atoms with Gasteiger partial charge in [-0.1, -0.05) is 18.2 Å². The standard InChI is InChI=1S/C13H20N2/c1-2-4-11(5-3-1)8-15-9-12-6-14-7-13(12)10-15/h2,4-5,12-14H,1,3,6-10H2. The van der Waals surface area contributed by atoms with Gasteiger partial charge >= 0.3 is 0 Å². The second-order valence-corrected chi connectivity index (χ2v) is 5.13. The zero-order valence-corrected chi connectivity index (χ0v) is 9.28. The van der Waals surface area contributed by atoms with Crippen LogP contribution in [0.2, 0.25) is 0 Å². The molecule has 1 aliphatic carbocycles. The van der Waals surface area contributed by atoms with E-state index in [1.165, 1.54) is 51.1 Å². The van der Waals surface area contributed by atoms with E-state index >= 15 is 0 Å². The number of allylic oxidation sites excluding steroid dienone is 2. The van der Waals surface area contributed by atoms with Crippen LogP contribution in [0.1, 0.15) is 12.8 Å². The van der Waals surface area contributed by atoms with E-state index in [1.54, 1.807) is 0 Å². The topological polar surface area (TPSA) is 15.3 Å². The van der Waals surface area contributed by atoms with E-state index in [1.807, 2.05) is 0 Å². The van der Waals surface area contributed by atoms with Crippen molar-refractivity contribution in [2.75, 3.05) is 32.7 Å². The van der Waals surface area contributed by atoms with Crippen LogP contribution in [0.3, 0.4) is 0 Å². The van der Waals surface area contributed by atoms with Crippen molar-refractivity contribution in [2.45, 2.75) is 12.8 Å². The normalized spacial score (nSPS) is 35.6. The summed E-state index contributed by atoms with van der Waals surface area (Å²) in [5.41, 5.74) is 1.54. The summed E-state index contributed by atoms with van der Waals surface area (Å²) in [5, 5.41) is 3.49. The van der Waals surface area contributed by atoms with Crippen LogP contribution < -0.4 is 5.32 Å². The van der Waals surface area contributed by atoms with Crippen LogP contribution in [0.4, 0.5) is 0 Å². The molecular weight excluding hydrogens is 184 g/mol. The molecular formula is C13H20N2. The summed E-state index contributed by atoms with van der Waals surface area (Å²) in [6, 6.07) is 0. The van der Waals surface area contributed by atoms with Crippen molar-refractivity contribution in [1.82, 2.24) is 10.2 Å². The van der Waals surface area contributed by atoms with Crippen molar-refractivity contribution >= 4 is 0 Å². The summed E-state index contributed by atoms with van der Waals surface area (Å²) in [7, 11) is 0. The molecule has 0 amide bonds. The lowest BCUT2D eigenvalue weighted by Gasteiger charge is -2.18. The highest BCUT2D eigenvalue weighted by Gasteiger charge is 2.35. The first-order valence-electron chi connectivity index (χ1n) is 6.20. The molecule has 2 heterocycles. The molecule has 2 fully saturated rings. The van der Waals surface area contributed by atoms with E-state index in [2.05, 4.69) is 28.4 Å². The summed E-state index contributed by atoms with van der Waals surface area (Å²) in [6.07, 6.45) is 9.52. The van der Waals surface area contributed by atoms with Crippen LogP contribution in [0.5, 0.6) is 0 Å². The molecule has 0 radical (unpaired) electrons. The fourth-order valence-corrected chi connectivity index (χ4v) is 3.12. The van der Waals surface area contributed by atoms with E-state index in [9.17, 15) is 0 Å². The van der Waals surface area contributed by atoms with Crippen LogP contribution in [0, 0.1) is 11.8 Å². The first kappa shape index (κ1) is 9.61. The molecule has 2 nitrogen and oxygen atoms in total. The van der Waals surface area contributed by atoms with Gasteiger partial charge in [0.05, 0.1) is 0 Å². The number of rotatable bonds is 2. The predicted molar refractivity (Wildman–Crippen MR) is 62.7 cm³/mol. The molecule has 0 spiro atoms. The Labute approximate surface area is 92.0 Å². The largest absolute Gasteiger partial charge is 0.316 e. The zero-order chi connectivity index (χ0) is 10.1. The fraction of sp³-hybridized carbons (Fsp3) is 0.692. The minimum absolute atomic E-state index is 0.929. The van der Waals surface area contributed by atoms with E-state index in [4.69, 9.17) is 0 Å². The molecule has 2 heteroatoms. The van der Waals surface area contributed by atoms with Crippen molar-refractivity contribution < 1.29 is 0 Å². The van der Waals surface area contributed by atoms with Crippen molar-refractivity contribution in [3.8, 4) is 0 Å². The highest BCUT2D eigenvalue weighted by Crippen LogP contribution is 2.27. The maximum atomic E-state index is 3.49. The first-order valence-corrected chi connectivity index (χ1v) is 6.20. The third-order valence-electron chi connectivity index (χ3n) is 3.94. The van der Waals surface area contributed by atoms with Gasteiger partial charge in [-0.25, -0.2) is 0 Å². The summed E-state index contributed by atoms with van der Waals surface area (Å²) >= 11 is 0. The van der Waals surface area contributed by atoms with Crippen molar-refractivity contribution in [2.24, 2.45) is 11.8 Å². The van der Waals surface area contributed by atoms with Gasteiger partial charge in [0, 0.05) is 19.6 Å². The third-order valence-corrected chi connectivity index (χ3v) is 3.94. The van der Waals surface area contributed by atoms with Gasteiger partial charge in [0.15, 0.2) is 0 Å². The first-order chi connectivity index (χ1) is 7.42. The fourth-order valence-electron chi connectivity index (χ4n) is 3.12. The Morgan fingerprint density at radius 2 is 2.00 bits per heavy atom. The average Bonchev–Trinajstić information content (AvgIpc) is 2.79. The van der Waals surface area contributed by atoms with Gasteiger partial charge in [-0.15, -0.1) is 0 Å². The minimum Gasteiger partial charge on any atom is -0.316 e. The van der Waals surface area contributed by atoms with E-state index in [-0.39, 0.29) is 0 Å². The van der Waals surface area contributed by atoms with Gasteiger partial charge in [0.1, 0.15) is 0 Å². The highest BCUT2D eigenvalue weighted by molar-refractivity contribution is 5.23. The molecule has 2 atom stereocenters. The van der Waals surface area contributed by atoms with E-state index < -0.39 is 0 Å². The summed E-state index contributed by atoms with van der Waals surface area (Å²) in [6.45, 7) is 6.29. The van der Waals surface area contributed by atoms with E-state index in [0.29, 0.717) is 0 Å². The molecule has 82 valence electrons. The molecule has 3 rings (SSSR count). The lowest BCUT2D eigenvalue weighted by Crippen LogP contribution is -2.27. The summed E-state index contributed by atoms with van der Waals surface area (Å²) in [4.78, 5) is 2.64. The summed E-state index contributed by atoms with van der Waals surface area (Å²) < 4.78 is 0. The number of nitrogens with one attached hydrogen (secondary N) is 1. The van der Waals surface area contributed by atoms with E-state index in [0.717, 1.165) is 11.8 Å². The lowest BCUT2D eigenvalue weighted by molar-refractivity contribution is 0.341. The molecule has 0 aromatic carbocycles. The van der Waals surface area contributed by atoms with Crippen molar-refractivity contribution in [3.63, 3.8) is 0 Å². The van der Waals surface area contributed by atoms with Crippen LogP contribution in [-0.2, 0) is 0 Å². The maximum absolute atomic E-state index is 3.49.